The molecule has 1 aromatic rings. The summed E-state index contributed by atoms with van der Waals surface area (Å²) < 4.78 is 10.4. The van der Waals surface area contributed by atoms with Crippen molar-refractivity contribution in [2.24, 2.45) is 5.73 Å². The molecule has 0 aromatic carbocycles. The Bertz CT molecular complexity index is 459. The van der Waals surface area contributed by atoms with E-state index >= 15 is 0 Å². The van der Waals surface area contributed by atoms with Gasteiger partial charge in [0.2, 0.25) is 0 Å². The average Bonchev–Trinajstić information content (AvgIpc) is 2.45. The third kappa shape index (κ3) is 4.16. The number of nitrogens with two attached hydrogens (primary N) is 1. The molecular formula is C14H23N3O3. The molecule has 0 amide bonds. The molecule has 0 saturated heterocycles. The summed E-state index contributed by atoms with van der Waals surface area (Å²) in [4.78, 5) is 19.8. The fraction of sp³-hybridized carbons (Fsp3) is 0.643. The van der Waals surface area contributed by atoms with Crippen LogP contribution in [0.3, 0.4) is 0 Å². The van der Waals surface area contributed by atoms with Crippen molar-refractivity contribution >= 4 is 5.97 Å². The molecule has 0 bridgehead atoms. The SMILES string of the molecule is CCOC(=O)c1cnc(OCC(N)(CC)CC)nc1C. The monoisotopic (exact) mass is 281 g/mol. The molecule has 0 radical (unpaired) electrons. The van der Waals surface area contributed by atoms with E-state index < -0.39 is 5.97 Å². The van der Waals surface area contributed by atoms with Crippen molar-refractivity contribution in [1.29, 1.82) is 0 Å². The number of ether oxygens (including phenoxy) is 2. The largest absolute Gasteiger partial charge is 0.462 e. The van der Waals surface area contributed by atoms with Crippen LogP contribution >= 0.6 is 0 Å². The molecule has 6 heteroatoms. The Hall–Kier alpha value is -1.69. The highest BCUT2D eigenvalue weighted by Gasteiger charge is 2.22. The van der Waals surface area contributed by atoms with Crippen molar-refractivity contribution in [2.75, 3.05) is 13.2 Å². The van der Waals surface area contributed by atoms with Crippen LogP contribution in [0, 0.1) is 6.92 Å². The lowest BCUT2D eigenvalue weighted by Crippen LogP contribution is -2.44. The fourth-order valence-corrected chi connectivity index (χ4v) is 1.59. The molecule has 0 aliphatic carbocycles. The van der Waals surface area contributed by atoms with E-state index in [9.17, 15) is 4.79 Å². The van der Waals surface area contributed by atoms with Gasteiger partial charge in [-0.25, -0.2) is 9.78 Å². The number of rotatable bonds is 7. The van der Waals surface area contributed by atoms with E-state index in [1.165, 1.54) is 6.20 Å². The van der Waals surface area contributed by atoms with E-state index in [4.69, 9.17) is 15.2 Å². The Morgan fingerprint density at radius 1 is 1.35 bits per heavy atom. The van der Waals surface area contributed by atoms with E-state index in [0.717, 1.165) is 12.8 Å². The fourth-order valence-electron chi connectivity index (χ4n) is 1.59. The maximum Gasteiger partial charge on any atom is 0.341 e. The molecule has 0 saturated carbocycles. The molecule has 1 rings (SSSR count). The minimum atomic E-state index is -0.424. The van der Waals surface area contributed by atoms with Crippen LogP contribution in [0.5, 0.6) is 6.01 Å². The van der Waals surface area contributed by atoms with Gasteiger partial charge in [0.1, 0.15) is 6.61 Å². The van der Waals surface area contributed by atoms with Crippen molar-refractivity contribution in [3.05, 3.63) is 17.5 Å². The number of nitrogens with zero attached hydrogens (tertiary/aromatic N) is 2. The average molecular weight is 281 g/mol. The van der Waals surface area contributed by atoms with E-state index in [1.54, 1.807) is 13.8 Å². The predicted molar refractivity (Wildman–Crippen MR) is 75.7 cm³/mol. The van der Waals surface area contributed by atoms with Crippen molar-refractivity contribution in [3.63, 3.8) is 0 Å². The highest BCUT2D eigenvalue weighted by Crippen LogP contribution is 2.15. The Labute approximate surface area is 119 Å². The summed E-state index contributed by atoms with van der Waals surface area (Å²) in [5, 5.41) is 0. The summed E-state index contributed by atoms with van der Waals surface area (Å²) in [6.45, 7) is 8.17. The van der Waals surface area contributed by atoms with Gasteiger partial charge in [-0.1, -0.05) is 13.8 Å². The maximum atomic E-state index is 11.6. The summed E-state index contributed by atoms with van der Waals surface area (Å²) in [5.74, 6) is -0.424. The lowest BCUT2D eigenvalue weighted by molar-refractivity contribution is 0.0524. The molecule has 0 fully saturated rings. The number of carbonyl (C=O) groups is 1. The minimum absolute atomic E-state index is 0.229. The number of aryl methyl sites for hydroxylation is 1. The summed E-state index contributed by atoms with van der Waals surface area (Å²) >= 11 is 0. The maximum absolute atomic E-state index is 11.6. The van der Waals surface area contributed by atoms with Crippen LogP contribution in [-0.4, -0.2) is 34.7 Å². The zero-order valence-corrected chi connectivity index (χ0v) is 12.6. The van der Waals surface area contributed by atoms with Gasteiger partial charge in [-0.15, -0.1) is 0 Å². The molecule has 1 aromatic heterocycles. The van der Waals surface area contributed by atoms with Gasteiger partial charge in [-0.2, -0.15) is 4.98 Å². The second-order valence-corrected chi connectivity index (χ2v) is 4.73. The smallest absolute Gasteiger partial charge is 0.341 e. The predicted octanol–water partition coefficient (Wildman–Crippen LogP) is 1.86. The Balaban J connectivity index is 2.75. The van der Waals surface area contributed by atoms with Crippen LogP contribution in [0.25, 0.3) is 0 Å². The highest BCUT2D eigenvalue weighted by atomic mass is 16.5. The number of hydrogen-bond donors (Lipinski definition) is 1. The van der Waals surface area contributed by atoms with Gasteiger partial charge in [-0.05, 0) is 26.7 Å². The summed E-state index contributed by atoms with van der Waals surface area (Å²) in [7, 11) is 0. The summed E-state index contributed by atoms with van der Waals surface area (Å²) in [6.07, 6.45) is 3.04. The van der Waals surface area contributed by atoms with Crippen LogP contribution in [0.15, 0.2) is 6.20 Å². The zero-order valence-electron chi connectivity index (χ0n) is 12.6. The molecule has 1 heterocycles. The molecule has 0 aliphatic rings. The third-order valence-corrected chi connectivity index (χ3v) is 3.35. The van der Waals surface area contributed by atoms with Crippen LogP contribution in [-0.2, 0) is 4.74 Å². The van der Waals surface area contributed by atoms with E-state index in [2.05, 4.69) is 9.97 Å². The molecule has 0 unspecified atom stereocenters. The Morgan fingerprint density at radius 2 is 2.00 bits per heavy atom. The first kappa shape index (κ1) is 16.4. The van der Waals surface area contributed by atoms with Crippen molar-refractivity contribution in [1.82, 2.24) is 9.97 Å². The van der Waals surface area contributed by atoms with E-state index in [1.807, 2.05) is 13.8 Å². The van der Waals surface area contributed by atoms with Crippen molar-refractivity contribution in [2.45, 2.75) is 46.1 Å². The van der Waals surface area contributed by atoms with E-state index in [0.29, 0.717) is 24.5 Å². The van der Waals surface area contributed by atoms with Crippen LogP contribution < -0.4 is 10.5 Å². The van der Waals surface area contributed by atoms with E-state index in [-0.39, 0.29) is 11.5 Å². The third-order valence-electron chi connectivity index (χ3n) is 3.35. The Morgan fingerprint density at radius 3 is 2.50 bits per heavy atom. The lowest BCUT2D eigenvalue weighted by atomic mass is 9.96. The molecule has 20 heavy (non-hydrogen) atoms. The normalized spacial score (nSPS) is 11.2. The molecular weight excluding hydrogens is 258 g/mol. The number of carbonyl (C=O) groups excluding carboxylic acids is 1. The van der Waals surface area contributed by atoms with Gasteiger partial charge in [-0.3, -0.25) is 0 Å². The zero-order chi connectivity index (χ0) is 15.2. The van der Waals surface area contributed by atoms with Gasteiger partial charge in [0.05, 0.1) is 17.9 Å². The number of hydrogen-bond acceptors (Lipinski definition) is 6. The van der Waals surface area contributed by atoms with Gasteiger partial charge in [0.25, 0.3) is 0 Å². The molecule has 2 N–H and O–H groups in total. The Kier molecular flexibility index (Phi) is 5.88. The second kappa shape index (κ2) is 7.19. The molecule has 0 spiro atoms. The second-order valence-electron chi connectivity index (χ2n) is 4.73. The van der Waals surface area contributed by atoms with Gasteiger partial charge >= 0.3 is 12.0 Å². The number of aromatic nitrogens is 2. The topological polar surface area (TPSA) is 87.3 Å². The van der Waals surface area contributed by atoms with Gasteiger partial charge in [0, 0.05) is 11.7 Å². The molecule has 112 valence electrons. The first-order valence-electron chi connectivity index (χ1n) is 6.88. The summed E-state index contributed by atoms with van der Waals surface area (Å²) in [6, 6.07) is 0.229. The first-order valence-corrected chi connectivity index (χ1v) is 6.88. The van der Waals surface area contributed by atoms with Crippen LogP contribution in [0.2, 0.25) is 0 Å². The first-order chi connectivity index (χ1) is 9.45. The van der Waals surface area contributed by atoms with Gasteiger partial charge < -0.3 is 15.2 Å². The molecule has 0 atom stereocenters. The minimum Gasteiger partial charge on any atom is -0.462 e. The highest BCUT2D eigenvalue weighted by molar-refractivity contribution is 5.90. The van der Waals surface area contributed by atoms with Crippen molar-refractivity contribution in [3.8, 4) is 6.01 Å². The quantitative estimate of drug-likeness (QED) is 0.767. The van der Waals surface area contributed by atoms with Gasteiger partial charge in [0.15, 0.2) is 0 Å². The molecule has 0 aliphatic heterocycles. The lowest BCUT2D eigenvalue weighted by Gasteiger charge is -2.25. The number of esters is 1. The standard InChI is InChI=1S/C14H23N3O3/c1-5-14(15,6-2)9-20-13-16-8-11(10(4)17-13)12(18)19-7-3/h8H,5-7,9,15H2,1-4H3. The molecule has 6 nitrogen and oxygen atoms in total. The van der Waals surface area contributed by atoms with Crippen LogP contribution in [0.1, 0.15) is 49.7 Å². The van der Waals surface area contributed by atoms with Crippen LogP contribution in [0.4, 0.5) is 0 Å². The summed E-state index contributed by atoms with van der Waals surface area (Å²) in [5.41, 5.74) is 6.65. The van der Waals surface area contributed by atoms with Crippen molar-refractivity contribution < 1.29 is 14.3 Å².